The molecule has 0 aromatic heterocycles. The van der Waals surface area contributed by atoms with Crippen molar-refractivity contribution in [3.63, 3.8) is 0 Å². The van der Waals surface area contributed by atoms with E-state index in [0.29, 0.717) is 27.6 Å². The van der Waals surface area contributed by atoms with Gasteiger partial charge >= 0.3 is 0 Å². The van der Waals surface area contributed by atoms with Crippen molar-refractivity contribution < 1.29 is 14.3 Å². The minimum absolute atomic E-state index is 0.190. The Balaban J connectivity index is 1.76. The summed E-state index contributed by atoms with van der Waals surface area (Å²) in [5.41, 5.74) is 1.22. The fraction of sp³-hybridized carbons (Fsp3) is 0.0476. The van der Waals surface area contributed by atoms with Gasteiger partial charge in [0.25, 0.3) is 5.91 Å². The van der Waals surface area contributed by atoms with Crippen molar-refractivity contribution in [2.24, 2.45) is 0 Å². The number of hydrogen-bond acceptors (Lipinski definition) is 3. The van der Waals surface area contributed by atoms with Crippen molar-refractivity contribution in [2.75, 3.05) is 11.9 Å². The van der Waals surface area contributed by atoms with Crippen LogP contribution in [0.3, 0.4) is 0 Å². The predicted molar refractivity (Wildman–Crippen MR) is 110 cm³/mol. The second-order valence-corrected chi connectivity index (χ2v) is 6.94. The van der Waals surface area contributed by atoms with Crippen LogP contribution in [0.5, 0.6) is 5.75 Å². The number of anilines is 1. The maximum Gasteiger partial charge on any atom is 0.262 e. The molecular weight excluding hydrogens is 430 g/mol. The molecule has 0 bridgehead atoms. The number of carbonyl (C=O) groups excluding carboxylic acids is 2. The predicted octanol–water partition coefficient (Wildman–Crippen LogP) is 5.35. The maximum absolute atomic E-state index is 12.8. The normalized spacial score (nSPS) is 10.3. The molecule has 4 nitrogen and oxygen atoms in total. The van der Waals surface area contributed by atoms with E-state index >= 15 is 0 Å². The van der Waals surface area contributed by atoms with Crippen molar-refractivity contribution in [2.45, 2.75) is 0 Å². The fourth-order valence-electron chi connectivity index (χ4n) is 2.45. The first-order valence-electron chi connectivity index (χ1n) is 8.11. The molecule has 0 aliphatic rings. The van der Waals surface area contributed by atoms with Crippen LogP contribution in [0.15, 0.2) is 77.3 Å². The van der Waals surface area contributed by atoms with E-state index in [0.717, 1.165) is 4.47 Å². The quantitative estimate of drug-likeness (QED) is 0.521. The Hall–Kier alpha value is -2.63. The number of halogens is 2. The fourth-order valence-corrected chi connectivity index (χ4v) is 3.02. The first-order valence-corrected chi connectivity index (χ1v) is 9.28. The summed E-state index contributed by atoms with van der Waals surface area (Å²) in [6.45, 7) is -0.190. The largest absolute Gasteiger partial charge is 0.483 e. The van der Waals surface area contributed by atoms with Gasteiger partial charge in [-0.05, 0) is 46.3 Å². The van der Waals surface area contributed by atoms with Gasteiger partial charge in [0.2, 0.25) is 0 Å². The monoisotopic (exact) mass is 443 g/mol. The molecular formula is C21H15BrClNO3. The zero-order chi connectivity index (χ0) is 19.2. The first-order chi connectivity index (χ1) is 13.0. The highest BCUT2D eigenvalue weighted by atomic mass is 79.9. The molecule has 0 saturated heterocycles. The lowest BCUT2D eigenvalue weighted by atomic mass is 10.0. The Labute approximate surface area is 170 Å². The van der Waals surface area contributed by atoms with Crippen LogP contribution in [0.2, 0.25) is 5.02 Å². The van der Waals surface area contributed by atoms with Gasteiger partial charge < -0.3 is 10.1 Å². The van der Waals surface area contributed by atoms with E-state index in [-0.39, 0.29) is 18.3 Å². The average molecular weight is 445 g/mol. The summed E-state index contributed by atoms with van der Waals surface area (Å²) in [6, 6.07) is 20.8. The van der Waals surface area contributed by atoms with Crippen LogP contribution >= 0.6 is 27.5 Å². The third kappa shape index (κ3) is 4.96. The molecule has 0 spiro atoms. The van der Waals surface area contributed by atoms with Crippen LogP contribution < -0.4 is 10.1 Å². The van der Waals surface area contributed by atoms with E-state index in [9.17, 15) is 9.59 Å². The van der Waals surface area contributed by atoms with Gasteiger partial charge in [0.1, 0.15) is 5.75 Å². The van der Waals surface area contributed by atoms with Gasteiger partial charge in [0, 0.05) is 16.1 Å². The molecule has 0 radical (unpaired) electrons. The number of hydrogen-bond donors (Lipinski definition) is 1. The van der Waals surface area contributed by atoms with Crippen LogP contribution in [0.4, 0.5) is 5.69 Å². The third-order valence-corrected chi connectivity index (χ3v) is 4.62. The number of nitrogens with one attached hydrogen (secondary N) is 1. The molecule has 3 aromatic carbocycles. The second kappa shape index (κ2) is 8.84. The molecule has 3 rings (SSSR count). The lowest BCUT2D eigenvalue weighted by Crippen LogP contribution is -2.21. The number of para-hydroxylation sites is 1. The smallest absolute Gasteiger partial charge is 0.262 e. The lowest BCUT2D eigenvalue weighted by Gasteiger charge is -2.12. The molecule has 0 heterocycles. The minimum Gasteiger partial charge on any atom is -0.483 e. The van der Waals surface area contributed by atoms with E-state index in [1.165, 1.54) is 0 Å². The van der Waals surface area contributed by atoms with Crippen LogP contribution in [0, 0.1) is 0 Å². The lowest BCUT2D eigenvalue weighted by molar-refractivity contribution is -0.118. The first kappa shape index (κ1) is 19.1. The Morgan fingerprint density at radius 3 is 2.41 bits per heavy atom. The van der Waals surface area contributed by atoms with Gasteiger partial charge in [0.15, 0.2) is 12.4 Å². The topological polar surface area (TPSA) is 55.4 Å². The van der Waals surface area contributed by atoms with E-state index < -0.39 is 0 Å². The molecule has 0 saturated carbocycles. The van der Waals surface area contributed by atoms with Crippen molar-refractivity contribution in [1.29, 1.82) is 0 Å². The highest BCUT2D eigenvalue weighted by molar-refractivity contribution is 9.10. The zero-order valence-corrected chi connectivity index (χ0v) is 16.5. The SMILES string of the molecule is O=C(COc1ccccc1Br)Nc1ccc(Cl)cc1C(=O)c1ccccc1. The molecule has 1 amide bonds. The molecule has 6 heteroatoms. The van der Waals surface area contributed by atoms with E-state index in [1.54, 1.807) is 48.5 Å². The zero-order valence-electron chi connectivity index (χ0n) is 14.1. The maximum atomic E-state index is 12.8. The second-order valence-electron chi connectivity index (χ2n) is 5.65. The van der Waals surface area contributed by atoms with Crippen molar-refractivity contribution in [1.82, 2.24) is 0 Å². The molecule has 0 aliphatic heterocycles. The summed E-state index contributed by atoms with van der Waals surface area (Å²) in [6.07, 6.45) is 0. The molecule has 3 aromatic rings. The summed E-state index contributed by atoms with van der Waals surface area (Å²) >= 11 is 9.41. The van der Waals surface area contributed by atoms with Gasteiger partial charge in [0.05, 0.1) is 10.2 Å². The third-order valence-electron chi connectivity index (χ3n) is 3.73. The Bertz CT molecular complexity index is 976. The van der Waals surface area contributed by atoms with Gasteiger partial charge in [-0.1, -0.05) is 54.1 Å². The van der Waals surface area contributed by atoms with Crippen molar-refractivity contribution in [3.8, 4) is 5.75 Å². The van der Waals surface area contributed by atoms with Gasteiger partial charge in [-0.3, -0.25) is 9.59 Å². The number of carbonyl (C=O) groups is 2. The van der Waals surface area contributed by atoms with E-state index in [1.807, 2.05) is 24.3 Å². The van der Waals surface area contributed by atoms with E-state index in [4.69, 9.17) is 16.3 Å². The minimum atomic E-state index is -0.379. The van der Waals surface area contributed by atoms with E-state index in [2.05, 4.69) is 21.2 Å². The highest BCUT2D eigenvalue weighted by Gasteiger charge is 2.16. The summed E-state index contributed by atoms with van der Waals surface area (Å²) in [5.74, 6) is -0.0420. The van der Waals surface area contributed by atoms with Crippen LogP contribution in [0.1, 0.15) is 15.9 Å². The van der Waals surface area contributed by atoms with Crippen LogP contribution in [-0.2, 0) is 4.79 Å². The van der Waals surface area contributed by atoms with Crippen LogP contribution in [0.25, 0.3) is 0 Å². The summed E-state index contributed by atoms with van der Waals surface area (Å²) < 4.78 is 6.26. The number of benzene rings is 3. The molecule has 27 heavy (non-hydrogen) atoms. The highest BCUT2D eigenvalue weighted by Crippen LogP contribution is 2.25. The number of ketones is 1. The van der Waals surface area contributed by atoms with Gasteiger partial charge in [-0.2, -0.15) is 0 Å². The van der Waals surface area contributed by atoms with Crippen LogP contribution in [-0.4, -0.2) is 18.3 Å². The Morgan fingerprint density at radius 1 is 0.963 bits per heavy atom. The number of ether oxygens (including phenoxy) is 1. The molecule has 0 unspecified atom stereocenters. The molecule has 0 fully saturated rings. The van der Waals surface area contributed by atoms with Crippen molar-refractivity contribution >= 4 is 44.9 Å². The average Bonchev–Trinajstić information content (AvgIpc) is 2.69. The standard InChI is InChI=1S/C21H15BrClNO3/c22-17-8-4-5-9-19(17)27-13-20(25)24-18-11-10-15(23)12-16(18)21(26)14-6-2-1-3-7-14/h1-12H,13H2,(H,24,25). The number of rotatable bonds is 6. The Kier molecular flexibility index (Phi) is 6.27. The summed E-state index contributed by atoms with van der Waals surface area (Å²) in [7, 11) is 0. The summed E-state index contributed by atoms with van der Waals surface area (Å²) in [5, 5.41) is 3.13. The Morgan fingerprint density at radius 2 is 1.67 bits per heavy atom. The number of amides is 1. The van der Waals surface area contributed by atoms with Crippen molar-refractivity contribution in [3.05, 3.63) is 93.4 Å². The molecule has 0 aliphatic carbocycles. The molecule has 1 N–H and O–H groups in total. The summed E-state index contributed by atoms with van der Waals surface area (Å²) in [4.78, 5) is 25.1. The molecule has 0 atom stereocenters. The molecule has 136 valence electrons. The van der Waals surface area contributed by atoms with Gasteiger partial charge in [-0.25, -0.2) is 0 Å². The van der Waals surface area contributed by atoms with Gasteiger partial charge in [-0.15, -0.1) is 0 Å².